The molecule has 0 rings (SSSR count). The fourth-order valence-electron chi connectivity index (χ4n) is 7.20. The Hall–Kier alpha value is -3.22. The van der Waals surface area contributed by atoms with Crippen LogP contribution in [0.25, 0.3) is 0 Å². The Bertz CT molecular complexity index is 1240. The third-order valence-electron chi connectivity index (χ3n) is 11.0. The summed E-state index contributed by atoms with van der Waals surface area (Å²) in [5, 5.41) is 23.8. The fraction of sp³-hybridized carbons (Fsp3) is 0.679. The number of hydrogen-bond donors (Lipinski definition) is 3. The molecular weight excluding hydrogens is 767 g/mol. The van der Waals surface area contributed by atoms with Gasteiger partial charge in [-0.05, 0) is 77.0 Å². The lowest BCUT2D eigenvalue weighted by molar-refractivity contribution is -0.151. The number of hydrogen-bond acceptors (Lipinski definition) is 5. The molecule has 3 unspecified atom stereocenters. The van der Waals surface area contributed by atoms with Gasteiger partial charge in [0.15, 0.2) is 0 Å². The Morgan fingerprint density at radius 2 is 0.968 bits per heavy atom. The molecule has 0 aromatic carbocycles. The third kappa shape index (κ3) is 43.4. The number of amides is 1. The van der Waals surface area contributed by atoms with Gasteiger partial charge in [-0.2, -0.15) is 0 Å². The normalized spacial score (nSPS) is 14.1. The molecule has 0 aromatic heterocycles. The number of carbonyl (C=O) groups excluding carboxylic acids is 2. The topological polar surface area (TPSA) is 95.9 Å². The zero-order chi connectivity index (χ0) is 45.2. The van der Waals surface area contributed by atoms with E-state index in [2.05, 4.69) is 105 Å². The van der Waals surface area contributed by atoms with Crippen molar-refractivity contribution in [3.8, 4) is 0 Å². The number of aliphatic hydroxyl groups is 2. The lowest BCUT2D eigenvalue weighted by Crippen LogP contribution is -2.46. The van der Waals surface area contributed by atoms with Crippen LogP contribution in [0.4, 0.5) is 0 Å². The van der Waals surface area contributed by atoms with Crippen LogP contribution < -0.4 is 5.32 Å². The Labute approximate surface area is 382 Å². The van der Waals surface area contributed by atoms with Crippen molar-refractivity contribution in [1.82, 2.24) is 5.32 Å². The first-order chi connectivity index (χ1) is 30.5. The first kappa shape index (κ1) is 58.8. The van der Waals surface area contributed by atoms with Gasteiger partial charge in [-0.3, -0.25) is 9.59 Å². The number of ether oxygens (including phenoxy) is 1. The molecule has 3 N–H and O–H groups in total. The standard InChI is InChI=1S/C56H95NO5/c1-4-7-10-13-16-19-22-25-28-31-34-37-40-43-46-49-56(61)62-52(47-44-41-38-35-32-29-26-23-20-17-14-11-8-5-2)50-55(60)57-53(51-58)54(59)48-45-42-39-36-33-30-27-24-21-18-15-12-9-6-3/h7-8,10-11,13,16-17,19-20,22,25-26,28-29,35,38,52-54,58-59H,4-6,9,12,14-15,18,21,23-24,27,30-34,36-37,39-51H2,1-3H3,(H,57,60)/b10-7+,11-8+,16-13+,20-17+,22-19+,28-25-,29-26+,38-35+. The van der Waals surface area contributed by atoms with Gasteiger partial charge in [-0.1, -0.05) is 227 Å². The maximum atomic E-state index is 13.2. The SMILES string of the molecule is CC/C=C/C=C/C=C/C=C\CCCCCCCC(=O)OC(CCC/C=C/C/C=C/C/C=C/C/C=C/CC)CC(=O)NC(CO)C(O)CCCCCCCCCCCCCCCC. The second-order valence-electron chi connectivity index (χ2n) is 16.9. The summed E-state index contributed by atoms with van der Waals surface area (Å²) in [6.45, 7) is 6.20. The number of esters is 1. The molecule has 0 aliphatic carbocycles. The quantitative estimate of drug-likeness (QED) is 0.0245. The highest BCUT2D eigenvalue weighted by Crippen LogP contribution is 2.17. The molecule has 0 aromatic rings. The van der Waals surface area contributed by atoms with Crippen LogP contribution in [-0.2, 0) is 14.3 Å². The summed E-state index contributed by atoms with van der Waals surface area (Å²) in [5.74, 6) is -0.562. The molecule has 1 amide bonds. The highest BCUT2D eigenvalue weighted by Gasteiger charge is 2.24. The molecule has 354 valence electrons. The van der Waals surface area contributed by atoms with Gasteiger partial charge in [0.2, 0.25) is 5.91 Å². The van der Waals surface area contributed by atoms with Gasteiger partial charge in [-0.25, -0.2) is 0 Å². The zero-order valence-corrected chi connectivity index (χ0v) is 40.2. The monoisotopic (exact) mass is 862 g/mol. The lowest BCUT2D eigenvalue weighted by Gasteiger charge is -2.24. The lowest BCUT2D eigenvalue weighted by atomic mass is 10.0. The van der Waals surface area contributed by atoms with Crippen molar-refractivity contribution in [2.75, 3.05) is 6.61 Å². The van der Waals surface area contributed by atoms with E-state index in [0.29, 0.717) is 19.3 Å². The molecule has 0 saturated carbocycles. The number of unbranched alkanes of at least 4 members (excludes halogenated alkanes) is 19. The third-order valence-corrected chi connectivity index (χ3v) is 11.0. The van der Waals surface area contributed by atoms with E-state index >= 15 is 0 Å². The van der Waals surface area contributed by atoms with Gasteiger partial charge in [0.1, 0.15) is 6.10 Å². The predicted molar refractivity (Wildman–Crippen MR) is 268 cm³/mol. The van der Waals surface area contributed by atoms with Crippen molar-refractivity contribution >= 4 is 11.9 Å². The smallest absolute Gasteiger partial charge is 0.306 e. The molecule has 0 spiro atoms. The molecule has 0 saturated heterocycles. The molecule has 0 aliphatic heterocycles. The maximum absolute atomic E-state index is 13.2. The van der Waals surface area contributed by atoms with Gasteiger partial charge in [0.05, 0.1) is 25.2 Å². The van der Waals surface area contributed by atoms with Crippen molar-refractivity contribution in [2.24, 2.45) is 0 Å². The minimum absolute atomic E-state index is 0.0247. The van der Waals surface area contributed by atoms with Crippen LogP contribution in [0.15, 0.2) is 97.2 Å². The van der Waals surface area contributed by atoms with Crippen LogP contribution in [0.1, 0.15) is 220 Å². The fourth-order valence-corrected chi connectivity index (χ4v) is 7.20. The average molecular weight is 862 g/mol. The van der Waals surface area contributed by atoms with Crippen LogP contribution in [0, 0.1) is 0 Å². The summed E-state index contributed by atoms with van der Waals surface area (Å²) in [5.41, 5.74) is 0. The highest BCUT2D eigenvalue weighted by molar-refractivity contribution is 5.77. The van der Waals surface area contributed by atoms with Crippen molar-refractivity contribution in [3.05, 3.63) is 97.2 Å². The summed E-state index contributed by atoms with van der Waals surface area (Å²) in [4.78, 5) is 26.1. The van der Waals surface area contributed by atoms with Crippen molar-refractivity contribution < 1.29 is 24.5 Å². The minimum atomic E-state index is -0.811. The van der Waals surface area contributed by atoms with Crippen molar-refractivity contribution in [2.45, 2.75) is 238 Å². The first-order valence-corrected chi connectivity index (χ1v) is 25.5. The van der Waals surface area contributed by atoms with Crippen LogP contribution >= 0.6 is 0 Å². The van der Waals surface area contributed by atoms with E-state index in [1.54, 1.807) is 0 Å². The number of allylic oxidation sites excluding steroid dienone is 16. The van der Waals surface area contributed by atoms with E-state index in [-0.39, 0.29) is 24.9 Å². The number of rotatable bonds is 44. The summed E-state index contributed by atoms with van der Waals surface area (Å²) in [7, 11) is 0. The molecular formula is C56H95NO5. The highest BCUT2D eigenvalue weighted by atomic mass is 16.5. The van der Waals surface area contributed by atoms with Gasteiger partial charge < -0.3 is 20.3 Å². The van der Waals surface area contributed by atoms with E-state index in [1.165, 1.54) is 70.6 Å². The summed E-state index contributed by atoms with van der Waals surface area (Å²) < 4.78 is 5.89. The maximum Gasteiger partial charge on any atom is 0.306 e. The zero-order valence-electron chi connectivity index (χ0n) is 40.2. The molecule has 0 bridgehead atoms. The van der Waals surface area contributed by atoms with Crippen LogP contribution in [0.2, 0.25) is 0 Å². The summed E-state index contributed by atoms with van der Waals surface area (Å²) >= 11 is 0. The summed E-state index contributed by atoms with van der Waals surface area (Å²) in [6.07, 6.45) is 64.7. The van der Waals surface area contributed by atoms with E-state index in [0.717, 1.165) is 103 Å². The van der Waals surface area contributed by atoms with Crippen LogP contribution in [-0.4, -0.2) is 46.9 Å². The first-order valence-electron chi connectivity index (χ1n) is 25.5. The van der Waals surface area contributed by atoms with Gasteiger partial charge in [0.25, 0.3) is 0 Å². The van der Waals surface area contributed by atoms with E-state index in [9.17, 15) is 19.8 Å². The molecule has 6 nitrogen and oxygen atoms in total. The van der Waals surface area contributed by atoms with E-state index in [4.69, 9.17) is 4.74 Å². The summed E-state index contributed by atoms with van der Waals surface area (Å²) in [6, 6.07) is -0.729. The van der Waals surface area contributed by atoms with Crippen molar-refractivity contribution in [3.63, 3.8) is 0 Å². The molecule has 0 fully saturated rings. The minimum Gasteiger partial charge on any atom is -0.462 e. The van der Waals surface area contributed by atoms with Crippen LogP contribution in [0.5, 0.6) is 0 Å². The molecule has 6 heteroatoms. The van der Waals surface area contributed by atoms with Crippen molar-refractivity contribution in [1.29, 1.82) is 0 Å². The Kier molecular flexibility index (Phi) is 46.3. The molecule has 0 aliphatic rings. The van der Waals surface area contributed by atoms with Gasteiger partial charge >= 0.3 is 5.97 Å². The number of carbonyl (C=O) groups is 2. The predicted octanol–water partition coefficient (Wildman–Crippen LogP) is 15.3. The van der Waals surface area contributed by atoms with Crippen LogP contribution in [0.3, 0.4) is 0 Å². The number of aliphatic hydroxyl groups excluding tert-OH is 2. The number of nitrogens with one attached hydrogen (secondary N) is 1. The Morgan fingerprint density at radius 3 is 1.53 bits per heavy atom. The van der Waals surface area contributed by atoms with E-state index in [1.807, 2.05) is 18.2 Å². The molecule has 3 atom stereocenters. The Morgan fingerprint density at radius 1 is 0.500 bits per heavy atom. The van der Waals surface area contributed by atoms with Gasteiger partial charge in [0, 0.05) is 6.42 Å². The second-order valence-corrected chi connectivity index (χ2v) is 16.9. The molecule has 62 heavy (non-hydrogen) atoms. The van der Waals surface area contributed by atoms with Gasteiger partial charge in [-0.15, -0.1) is 0 Å². The van der Waals surface area contributed by atoms with E-state index < -0.39 is 18.2 Å². The Balaban J connectivity index is 4.71. The molecule has 0 heterocycles. The average Bonchev–Trinajstić information content (AvgIpc) is 3.26. The largest absolute Gasteiger partial charge is 0.462 e. The second kappa shape index (κ2) is 48.8. The molecule has 0 radical (unpaired) electrons.